The molecule has 2 rings (SSSR count). The van der Waals surface area contributed by atoms with Gasteiger partial charge in [-0.2, -0.15) is 0 Å². The van der Waals surface area contributed by atoms with Crippen molar-refractivity contribution < 1.29 is 0 Å². The van der Waals surface area contributed by atoms with Crippen molar-refractivity contribution in [3.8, 4) is 11.8 Å². The van der Waals surface area contributed by atoms with E-state index in [9.17, 15) is 0 Å². The first-order valence-electron chi connectivity index (χ1n) is 4.78. The minimum atomic E-state index is 0.411. The van der Waals surface area contributed by atoms with Crippen LogP contribution < -0.4 is 5.73 Å². The van der Waals surface area contributed by atoms with Crippen LogP contribution in [0.2, 0.25) is 0 Å². The fourth-order valence-electron chi connectivity index (χ4n) is 1.13. The number of thioether (sulfide) groups is 1. The van der Waals surface area contributed by atoms with E-state index in [2.05, 4.69) is 27.9 Å². The van der Waals surface area contributed by atoms with Gasteiger partial charge in [0.15, 0.2) is 5.16 Å². The van der Waals surface area contributed by atoms with Crippen LogP contribution >= 0.6 is 23.1 Å². The molecule has 5 heteroatoms. The lowest BCUT2D eigenvalue weighted by atomic mass is 10.4. The van der Waals surface area contributed by atoms with Crippen molar-refractivity contribution in [3.05, 3.63) is 34.3 Å². The minimum Gasteiger partial charge on any atom is -0.340 e. The van der Waals surface area contributed by atoms with Gasteiger partial charge in [0, 0.05) is 23.0 Å². The number of thiophene rings is 1. The molecular weight excluding hydrogens is 238 g/mol. The van der Waals surface area contributed by atoms with E-state index in [0.717, 1.165) is 15.8 Å². The smallest absolute Gasteiger partial charge is 0.165 e. The summed E-state index contributed by atoms with van der Waals surface area (Å²) in [5.74, 6) is 6.80. The summed E-state index contributed by atoms with van der Waals surface area (Å²) < 4.78 is 0. The Morgan fingerprint density at radius 3 is 3.19 bits per heavy atom. The lowest BCUT2D eigenvalue weighted by Crippen LogP contribution is -1.92. The first-order valence-corrected chi connectivity index (χ1v) is 6.58. The van der Waals surface area contributed by atoms with E-state index in [0.29, 0.717) is 6.54 Å². The SMILES string of the molecule is NCC#Cc1ccc(CSc2ncc[nH]2)s1. The van der Waals surface area contributed by atoms with E-state index in [1.165, 1.54) is 4.88 Å². The second-order valence-electron chi connectivity index (χ2n) is 2.95. The Balaban J connectivity index is 1.93. The maximum atomic E-state index is 5.32. The van der Waals surface area contributed by atoms with Crippen LogP contribution in [-0.4, -0.2) is 16.5 Å². The maximum absolute atomic E-state index is 5.32. The molecule has 2 aromatic heterocycles. The molecule has 0 aliphatic rings. The lowest BCUT2D eigenvalue weighted by molar-refractivity contribution is 1.06. The Bertz CT molecular complexity index is 491. The summed E-state index contributed by atoms with van der Waals surface area (Å²) >= 11 is 3.39. The summed E-state index contributed by atoms with van der Waals surface area (Å²) in [7, 11) is 0. The second kappa shape index (κ2) is 5.75. The van der Waals surface area contributed by atoms with Crippen LogP contribution in [0.25, 0.3) is 0 Å². The third-order valence-corrected chi connectivity index (χ3v) is 3.94. The predicted octanol–water partition coefficient (Wildman–Crippen LogP) is 2.07. The van der Waals surface area contributed by atoms with Gasteiger partial charge < -0.3 is 10.7 Å². The molecule has 82 valence electrons. The third kappa shape index (κ3) is 3.14. The Morgan fingerprint density at radius 2 is 2.44 bits per heavy atom. The van der Waals surface area contributed by atoms with Crippen molar-refractivity contribution in [2.45, 2.75) is 10.9 Å². The molecule has 0 bridgehead atoms. The third-order valence-electron chi connectivity index (χ3n) is 1.80. The molecule has 16 heavy (non-hydrogen) atoms. The Kier molecular flexibility index (Phi) is 4.05. The van der Waals surface area contributed by atoms with E-state index in [1.807, 2.05) is 12.3 Å². The highest BCUT2D eigenvalue weighted by molar-refractivity contribution is 7.98. The normalized spacial score (nSPS) is 9.81. The average molecular weight is 249 g/mol. The maximum Gasteiger partial charge on any atom is 0.165 e. The summed E-state index contributed by atoms with van der Waals surface area (Å²) in [6.07, 6.45) is 3.59. The molecule has 0 radical (unpaired) electrons. The van der Waals surface area contributed by atoms with E-state index in [1.54, 1.807) is 29.3 Å². The number of imidazole rings is 1. The monoisotopic (exact) mass is 249 g/mol. The van der Waals surface area contributed by atoms with Crippen molar-refractivity contribution in [1.29, 1.82) is 0 Å². The Hall–Kier alpha value is -1.22. The van der Waals surface area contributed by atoms with Gasteiger partial charge in [0.2, 0.25) is 0 Å². The molecule has 0 aromatic carbocycles. The number of nitrogens with one attached hydrogen (secondary N) is 1. The van der Waals surface area contributed by atoms with E-state index in [4.69, 9.17) is 5.73 Å². The van der Waals surface area contributed by atoms with Crippen molar-refractivity contribution in [3.63, 3.8) is 0 Å². The number of rotatable bonds is 3. The number of hydrogen-bond acceptors (Lipinski definition) is 4. The standard InChI is InChI=1S/C11H11N3S2/c12-5-1-2-9-3-4-10(16-9)8-15-11-13-6-7-14-11/h3-4,6-7H,5,8,12H2,(H,13,14). The first-order chi connectivity index (χ1) is 7.88. The summed E-state index contributed by atoms with van der Waals surface area (Å²) in [5.41, 5.74) is 5.32. The van der Waals surface area contributed by atoms with Gasteiger partial charge in [0.1, 0.15) is 0 Å². The molecule has 0 unspecified atom stereocenters. The van der Waals surface area contributed by atoms with Crippen LogP contribution in [0, 0.1) is 11.8 Å². The van der Waals surface area contributed by atoms with Crippen LogP contribution in [0.5, 0.6) is 0 Å². The highest BCUT2D eigenvalue weighted by Crippen LogP contribution is 2.24. The van der Waals surface area contributed by atoms with Crippen molar-refractivity contribution in [1.82, 2.24) is 9.97 Å². The number of nitrogens with zero attached hydrogens (tertiary/aromatic N) is 1. The number of H-pyrrole nitrogens is 1. The zero-order chi connectivity index (χ0) is 11.2. The van der Waals surface area contributed by atoms with Crippen molar-refractivity contribution in [2.75, 3.05) is 6.54 Å². The van der Waals surface area contributed by atoms with Gasteiger partial charge >= 0.3 is 0 Å². The summed E-state index contributed by atoms with van der Waals surface area (Å²) in [6.45, 7) is 0.411. The van der Waals surface area contributed by atoms with Gasteiger partial charge in [-0.15, -0.1) is 11.3 Å². The van der Waals surface area contributed by atoms with E-state index >= 15 is 0 Å². The molecule has 2 aromatic rings. The zero-order valence-corrected chi connectivity index (χ0v) is 10.2. The van der Waals surface area contributed by atoms with Crippen LogP contribution in [0.1, 0.15) is 9.75 Å². The number of aromatic nitrogens is 2. The highest BCUT2D eigenvalue weighted by atomic mass is 32.2. The quantitative estimate of drug-likeness (QED) is 0.647. The lowest BCUT2D eigenvalue weighted by Gasteiger charge is -1.93. The topological polar surface area (TPSA) is 54.7 Å². The molecule has 0 fully saturated rings. The van der Waals surface area contributed by atoms with Crippen LogP contribution in [0.4, 0.5) is 0 Å². The zero-order valence-electron chi connectivity index (χ0n) is 8.56. The summed E-state index contributed by atoms with van der Waals surface area (Å²) in [6, 6.07) is 4.13. The van der Waals surface area contributed by atoms with Crippen molar-refractivity contribution in [2.24, 2.45) is 5.73 Å². The number of hydrogen-bond donors (Lipinski definition) is 2. The number of aromatic amines is 1. The van der Waals surface area contributed by atoms with Crippen molar-refractivity contribution >= 4 is 23.1 Å². The predicted molar refractivity (Wildman–Crippen MR) is 68.4 cm³/mol. The number of nitrogens with two attached hydrogens (primary N) is 1. The van der Waals surface area contributed by atoms with Crippen LogP contribution in [-0.2, 0) is 5.75 Å². The molecule has 0 saturated heterocycles. The fourth-order valence-corrected chi connectivity index (χ4v) is 2.88. The molecule has 0 saturated carbocycles. The van der Waals surface area contributed by atoms with Crippen LogP contribution in [0.15, 0.2) is 29.7 Å². The second-order valence-corrected chi connectivity index (χ2v) is 5.09. The van der Waals surface area contributed by atoms with Gasteiger partial charge in [-0.05, 0) is 12.1 Å². The van der Waals surface area contributed by atoms with Gasteiger partial charge in [0.05, 0.1) is 11.4 Å². The molecule has 0 amide bonds. The Labute approximate surface area is 102 Å². The van der Waals surface area contributed by atoms with E-state index < -0.39 is 0 Å². The molecule has 0 atom stereocenters. The average Bonchev–Trinajstić information content (AvgIpc) is 2.95. The molecule has 3 N–H and O–H groups in total. The van der Waals surface area contributed by atoms with Gasteiger partial charge in [-0.25, -0.2) is 4.98 Å². The van der Waals surface area contributed by atoms with Gasteiger partial charge in [0.25, 0.3) is 0 Å². The molecule has 2 heterocycles. The molecular formula is C11H11N3S2. The summed E-state index contributed by atoms with van der Waals surface area (Å²) in [5, 5.41) is 0.947. The fraction of sp³-hybridized carbons (Fsp3) is 0.182. The molecule has 0 spiro atoms. The molecule has 0 aliphatic carbocycles. The van der Waals surface area contributed by atoms with Gasteiger partial charge in [-0.3, -0.25) is 0 Å². The molecule has 0 aliphatic heterocycles. The Morgan fingerprint density at radius 1 is 1.50 bits per heavy atom. The first kappa shape index (κ1) is 11.3. The largest absolute Gasteiger partial charge is 0.340 e. The summed E-state index contributed by atoms with van der Waals surface area (Å²) in [4.78, 5) is 9.58. The van der Waals surface area contributed by atoms with Crippen LogP contribution in [0.3, 0.4) is 0 Å². The van der Waals surface area contributed by atoms with E-state index in [-0.39, 0.29) is 0 Å². The highest BCUT2D eigenvalue weighted by Gasteiger charge is 2.00. The molecule has 3 nitrogen and oxygen atoms in total. The van der Waals surface area contributed by atoms with Gasteiger partial charge in [-0.1, -0.05) is 23.6 Å². The minimum absolute atomic E-state index is 0.411.